The Balaban J connectivity index is 2.07. The molecule has 0 fully saturated rings. The number of carbonyl (C=O) groups is 2. The van der Waals surface area contributed by atoms with Crippen LogP contribution in [0.1, 0.15) is 32.1 Å². The van der Waals surface area contributed by atoms with Crippen LogP contribution in [0.5, 0.6) is 0 Å². The summed E-state index contributed by atoms with van der Waals surface area (Å²) < 4.78 is 0. The van der Waals surface area contributed by atoms with Gasteiger partial charge >= 0.3 is 5.97 Å². The monoisotopic (exact) mass is 230 g/mol. The van der Waals surface area contributed by atoms with E-state index in [1.807, 2.05) is 0 Å². The summed E-state index contributed by atoms with van der Waals surface area (Å²) in [5.41, 5.74) is 5.40. The van der Waals surface area contributed by atoms with Crippen molar-refractivity contribution in [2.75, 3.05) is 0 Å². The number of carboxylic acids is 1. The SMILES string of the molecule is NC1=NC(=O)C(CCCCCC(=O)O)S1. The van der Waals surface area contributed by atoms with Crippen molar-refractivity contribution >= 4 is 28.8 Å². The molecule has 1 unspecified atom stereocenters. The smallest absolute Gasteiger partial charge is 0.303 e. The molecule has 5 nitrogen and oxygen atoms in total. The second-order valence-electron chi connectivity index (χ2n) is 3.39. The average molecular weight is 230 g/mol. The van der Waals surface area contributed by atoms with Crippen molar-refractivity contribution in [2.45, 2.75) is 37.4 Å². The molecule has 1 aliphatic heterocycles. The van der Waals surface area contributed by atoms with Gasteiger partial charge in [-0.15, -0.1) is 0 Å². The van der Waals surface area contributed by atoms with Crippen LogP contribution in [0.15, 0.2) is 4.99 Å². The highest BCUT2D eigenvalue weighted by Crippen LogP contribution is 2.24. The molecule has 0 aliphatic carbocycles. The molecule has 0 radical (unpaired) electrons. The quantitative estimate of drug-likeness (QED) is 0.663. The minimum Gasteiger partial charge on any atom is -0.481 e. The van der Waals surface area contributed by atoms with Crippen LogP contribution in [-0.2, 0) is 9.59 Å². The van der Waals surface area contributed by atoms with E-state index < -0.39 is 5.97 Å². The Hall–Kier alpha value is -1.04. The van der Waals surface area contributed by atoms with E-state index in [-0.39, 0.29) is 17.6 Å². The minimum absolute atomic E-state index is 0.144. The maximum atomic E-state index is 11.2. The average Bonchev–Trinajstić information content (AvgIpc) is 2.44. The number of nitrogens with two attached hydrogens (primary N) is 1. The molecule has 0 saturated heterocycles. The third-order valence-corrected chi connectivity index (χ3v) is 3.17. The van der Waals surface area contributed by atoms with Crippen LogP contribution in [0.3, 0.4) is 0 Å². The molecule has 0 saturated carbocycles. The first-order valence-electron chi connectivity index (χ1n) is 4.86. The second kappa shape index (κ2) is 5.75. The van der Waals surface area contributed by atoms with E-state index in [2.05, 4.69) is 4.99 Å². The highest BCUT2D eigenvalue weighted by atomic mass is 32.2. The minimum atomic E-state index is -0.770. The van der Waals surface area contributed by atoms with Crippen LogP contribution >= 0.6 is 11.8 Å². The number of rotatable bonds is 6. The molecule has 0 aromatic carbocycles. The Labute approximate surface area is 92.1 Å². The lowest BCUT2D eigenvalue weighted by molar-refractivity contribution is -0.137. The van der Waals surface area contributed by atoms with Crippen LogP contribution in [0, 0.1) is 0 Å². The van der Waals surface area contributed by atoms with Crippen molar-refractivity contribution in [3.63, 3.8) is 0 Å². The number of nitrogens with zero attached hydrogens (tertiary/aromatic N) is 1. The first-order valence-corrected chi connectivity index (χ1v) is 5.74. The summed E-state index contributed by atoms with van der Waals surface area (Å²) in [7, 11) is 0. The zero-order valence-electron chi connectivity index (χ0n) is 8.31. The van der Waals surface area contributed by atoms with E-state index in [0.29, 0.717) is 11.6 Å². The van der Waals surface area contributed by atoms with Gasteiger partial charge in [-0.2, -0.15) is 4.99 Å². The van der Waals surface area contributed by atoms with Gasteiger partial charge in [0.2, 0.25) is 0 Å². The second-order valence-corrected chi connectivity index (χ2v) is 4.61. The maximum absolute atomic E-state index is 11.2. The summed E-state index contributed by atoms with van der Waals surface area (Å²) in [5.74, 6) is -0.926. The van der Waals surface area contributed by atoms with Crippen molar-refractivity contribution in [1.82, 2.24) is 0 Å². The number of thioether (sulfide) groups is 1. The van der Waals surface area contributed by atoms with Gasteiger partial charge in [0, 0.05) is 6.42 Å². The normalized spacial score (nSPS) is 20.4. The van der Waals surface area contributed by atoms with Gasteiger partial charge in [-0.25, -0.2) is 0 Å². The van der Waals surface area contributed by atoms with Crippen LogP contribution in [0.25, 0.3) is 0 Å². The largest absolute Gasteiger partial charge is 0.481 e. The molecular formula is C9H14N2O3S. The molecule has 1 aliphatic rings. The van der Waals surface area contributed by atoms with Crippen molar-refractivity contribution in [2.24, 2.45) is 10.7 Å². The van der Waals surface area contributed by atoms with Gasteiger partial charge < -0.3 is 10.8 Å². The third kappa shape index (κ3) is 4.33. The molecular weight excluding hydrogens is 216 g/mol. The number of unbranched alkanes of at least 4 members (excludes halogenated alkanes) is 2. The molecule has 1 amide bonds. The molecule has 1 atom stereocenters. The van der Waals surface area contributed by atoms with Gasteiger partial charge in [0.1, 0.15) is 0 Å². The Morgan fingerprint density at radius 3 is 2.73 bits per heavy atom. The molecule has 1 heterocycles. The summed E-state index contributed by atoms with van der Waals surface area (Å²) in [6, 6.07) is 0. The molecule has 0 aromatic heterocycles. The zero-order chi connectivity index (χ0) is 11.3. The summed E-state index contributed by atoms with van der Waals surface area (Å²) in [4.78, 5) is 25.0. The van der Waals surface area contributed by atoms with Gasteiger partial charge in [0.05, 0.1) is 5.25 Å². The first-order chi connectivity index (χ1) is 7.09. The van der Waals surface area contributed by atoms with Crippen LogP contribution in [0.4, 0.5) is 0 Å². The lowest BCUT2D eigenvalue weighted by Gasteiger charge is -2.04. The summed E-state index contributed by atoms with van der Waals surface area (Å²) in [6.45, 7) is 0. The van der Waals surface area contributed by atoms with E-state index in [1.165, 1.54) is 11.8 Å². The Morgan fingerprint density at radius 2 is 2.20 bits per heavy atom. The molecule has 0 bridgehead atoms. The maximum Gasteiger partial charge on any atom is 0.303 e. The van der Waals surface area contributed by atoms with E-state index in [9.17, 15) is 9.59 Å². The lowest BCUT2D eigenvalue weighted by atomic mass is 10.1. The number of amidine groups is 1. The van der Waals surface area contributed by atoms with Crippen molar-refractivity contribution < 1.29 is 14.7 Å². The Morgan fingerprint density at radius 1 is 1.47 bits per heavy atom. The number of carbonyl (C=O) groups excluding carboxylic acids is 1. The molecule has 3 N–H and O–H groups in total. The van der Waals surface area contributed by atoms with Crippen molar-refractivity contribution in [3.8, 4) is 0 Å². The standard InChI is InChI=1S/C9H14N2O3S/c10-9-11-8(14)6(15-9)4-2-1-3-5-7(12)13/h6H,1-5H2,(H,12,13)(H2,10,11,14). The highest BCUT2D eigenvalue weighted by Gasteiger charge is 2.25. The fourth-order valence-corrected chi connectivity index (χ4v) is 2.24. The van der Waals surface area contributed by atoms with Crippen LogP contribution < -0.4 is 5.73 Å². The summed E-state index contributed by atoms with van der Waals surface area (Å²) in [6.07, 6.45) is 3.27. The zero-order valence-corrected chi connectivity index (χ0v) is 9.13. The fraction of sp³-hybridized carbons (Fsp3) is 0.667. The lowest BCUT2D eigenvalue weighted by Crippen LogP contribution is -2.10. The number of aliphatic imine (C=N–C) groups is 1. The summed E-state index contributed by atoms with van der Waals surface area (Å²) >= 11 is 1.30. The number of amides is 1. The van der Waals surface area contributed by atoms with Crippen molar-refractivity contribution in [3.05, 3.63) is 0 Å². The molecule has 0 aromatic rings. The van der Waals surface area contributed by atoms with Crippen molar-refractivity contribution in [1.29, 1.82) is 0 Å². The molecule has 0 spiro atoms. The Bertz CT molecular complexity index is 291. The van der Waals surface area contributed by atoms with Gasteiger partial charge in [-0.3, -0.25) is 9.59 Å². The highest BCUT2D eigenvalue weighted by molar-refractivity contribution is 8.15. The predicted octanol–water partition coefficient (Wildman–Crippen LogP) is 0.978. The Kier molecular flexibility index (Phi) is 4.61. The van der Waals surface area contributed by atoms with Crippen LogP contribution in [0.2, 0.25) is 0 Å². The topological polar surface area (TPSA) is 92.8 Å². The molecule has 15 heavy (non-hydrogen) atoms. The number of hydrogen-bond donors (Lipinski definition) is 2. The summed E-state index contributed by atoms with van der Waals surface area (Å²) in [5, 5.41) is 8.61. The van der Waals surface area contributed by atoms with Gasteiger partial charge in [0.25, 0.3) is 5.91 Å². The predicted molar refractivity (Wildman–Crippen MR) is 58.7 cm³/mol. The third-order valence-electron chi connectivity index (χ3n) is 2.12. The van der Waals surface area contributed by atoms with Gasteiger partial charge in [-0.1, -0.05) is 24.6 Å². The van der Waals surface area contributed by atoms with E-state index in [4.69, 9.17) is 10.8 Å². The molecule has 84 valence electrons. The first kappa shape index (κ1) is 12.0. The van der Waals surface area contributed by atoms with Crippen LogP contribution in [-0.4, -0.2) is 27.4 Å². The number of carboxylic acid groups (broad SMARTS) is 1. The fourth-order valence-electron chi connectivity index (χ4n) is 1.37. The number of hydrogen-bond acceptors (Lipinski definition) is 4. The van der Waals surface area contributed by atoms with E-state index >= 15 is 0 Å². The molecule has 1 rings (SSSR count). The van der Waals surface area contributed by atoms with E-state index in [1.54, 1.807) is 0 Å². The molecule has 6 heteroatoms. The number of aliphatic carboxylic acids is 1. The van der Waals surface area contributed by atoms with E-state index in [0.717, 1.165) is 19.3 Å². The van der Waals surface area contributed by atoms with Gasteiger partial charge in [-0.05, 0) is 12.8 Å². The van der Waals surface area contributed by atoms with Gasteiger partial charge in [0.15, 0.2) is 5.17 Å².